The molecular weight excluding hydrogens is 330 g/mol. The minimum absolute atomic E-state index is 0.224. The second-order valence-corrected chi connectivity index (χ2v) is 7.35. The molecule has 1 heterocycles. The highest BCUT2D eigenvalue weighted by Gasteiger charge is 2.27. The zero-order valence-corrected chi connectivity index (χ0v) is 12.6. The lowest BCUT2D eigenvalue weighted by molar-refractivity contribution is 0.591. The number of guanidine groups is 1. The number of sulfonamides is 1. The van der Waals surface area contributed by atoms with Crippen LogP contribution in [0.5, 0.6) is 0 Å². The van der Waals surface area contributed by atoms with Crippen molar-refractivity contribution in [2.24, 2.45) is 4.99 Å². The van der Waals surface area contributed by atoms with Crippen molar-refractivity contribution >= 4 is 37.6 Å². The SMILES string of the molecule is O=S1(=O)NC(=NC2CCCC2)Nc2ccc(Br)cc21. The summed E-state index contributed by atoms with van der Waals surface area (Å²) in [5, 5.41) is 3.05. The average Bonchev–Trinajstić information content (AvgIpc) is 2.82. The van der Waals surface area contributed by atoms with Crippen molar-refractivity contribution in [3.8, 4) is 0 Å². The Balaban J connectivity index is 1.97. The van der Waals surface area contributed by atoms with Crippen LogP contribution < -0.4 is 10.0 Å². The van der Waals surface area contributed by atoms with Crippen LogP contribution in [0, 0.1) is 0 Å². The summed E-state index contributed by atoms with van der Waals surface area (Å²) >= 11 is 3.28. The first-order chi connectivity index (χ1) is 9.04. The van der Waals surface area contributed by atoms with Gasteiger partial charge in [0.05, 0.1) is 11.7 Å². The standard InChI is InChI=1S/C12H14BrN3O2S/c13-8-5-6-10-11(7-8)19(17,18)16-12(15-10)14-9-3-1-2-4-9/h5-7,9H,1-4H2,(H2,14,15,16). The molecule has 2 N–H and O–H groups in total. The average molecular weight is 344 g/mol. The third-order valence-electron chi connectivity index (χ3n) is 3.35. The molecule has 0 aromatic heterocycles. The Labute approximate surface area is 120 Å². The Morgan fingerprint density at radius 3 is 2.74 bits per heavy atom. The molecule has 102 valence electrons. The normalized spacial score (nSPS) is 23.7. The molecule has 1 fully saturated rings. The summed E-state index contributed by atoms with van der Waals surface area (Å²) in [4.78, 5) is 4.70. The molecular formula is C12H14BrN3O2S. The number of hydrogen-bond donors (Lipinski definition) is 2. The van der Waals surface area contributed by atoms with E-state index in [0.717, 1.165) is 30.2 Å². The Morgan fingerprint density at radius 1 is 1.26 bits per heavy atom. The van der Waals surface area contributed by atoms with E-state index in [0.29, 0.717) is 11.6 Å². The van der Waals surface area contributed by atoms with Crippen molar-refractivity contribution in [3.63, 3.8) is 0 Å². The molecule has 1 aliphatic carbocycles. The highest BCUT2D eigenvalue weighted by Crippen LogP contribution is 2.28. The molecule has 0 saturated heterocycles. The van der Waals surface area contributed by atoms with Gasteiger partial charge >= 0.3 is 0 Å². The molecule has 1 saturated carbocycles. The zero-order valence-electron chi connectivity index (χ0n) is 10.2. The number of fused-ring (bicyclic) bond motifs is 1. The van der Waals surface area contributed by atoms with E-state index < -0.39 is 10.0 Å². The number of nitrogens with one attached hydrogen (secondary N) is 2. The summed E-state index contributed by atoms with van der Waals surface area (Å²) in [6.45, 7) is 0. The molecule has 0 unspecified atom stereocenters. The maximum absolute atomic E-state index is 12.2. The first-order valence-electron chi connectivity index (χ1n) is 6.22. The third kappa shape index (κ3) is 2.62. The van der Waals surface area contributed by atoms with Crippen LogP contribution in [0.15, 0.2) is 32.6 Å². The van der Waals surface area contributed by atoms with Gasteiger partial charge in [0.1, 0.15) is 4.90 Å². The van der Waals surface area contributed by atoms with Crippen molar-refractivity contribution in [1.29, 1.82) is 0 Å². The molecule has 1 aromatic carbocycles. The highest BCUT2D eigenvalue weighted by atomic mass is 79.9. The van der Waals surface area contributed by atoms with Crippen LogP contribution in [0.4, 0.5) is 5.69 Å². The van der Waals surface area contributed by atoms with E-state index in [1.54, 1.807) is 18.2 Å². The molecule has 0 spiro atoms. The van der Waals surface area contributed by atoms with Crippen LogP contribution in [-0.4, -0.2) is 20.4 Å². The monoisotopic (exact) mass is 343 g/mol. The van der Waals surface area contributed by atoms with Crippen molar-refractivity contribution in [2.45, 2.75) is 36.6 Å². The van der Waals surface area contributed by atoms with Crippen molar-refractivity contribution in [3.05, 3.63) is 22.7 Å². The molecule has 0 bridgehead atoms. The molecule has 19 heavy (non-hydrogen) atoms. The lowest BCUT2D eigenvalue weighted by atomic mass is 10.3. The van der Waals surface area contributed by atoms with Crippen LogP contribution >= 0.6 is 15.9 Å². The number of nitrogens with zero attached hydrogens (tertiary/aromatic N) is 1. The predicted octanol–water partition coefficient (Wildman–Crippen LogP) is 2.45. The maximum Gasteiger partial charge on any atom is 0.266 e. The van der Waals surface area contributed by atoms with Crippen LogP contribution in [0.3, 0.4) is 0 Å². The summed E-state index contributed by atoms with van der Waals surface area (Å²) in [5.74, 6) is 0.335. The van der Waals surface area contributed by atoms with Gasteiger partial charge in [0.2, 0.25) is 5.96 Å². The van der Waals surface area contributed by atoms with E-state index >= 15 is 0 Å². The number of aliphatic imine (C=N–C) groups is 1. The number of anilines is 1. The number of rotatable bonds is 1. The topological polar surface area (TPSA) is 70.6 Å². The van der Waals surface area contributed by atoms with Crippen molar-refractivity contribution in [2.75, 3.05) is 5.32 Å². The van der Waals surface area contributed by atoms with Gasteiger partial charge in [0, 0.05) is 4.47 Å². The van der Waals surface area contributed by atoms with Gasteiger partial charge in [0.25, 0.3) is 10.0 Å². The Bertz CT molecular complexity index is 636. The van der Waals surface area contributed by atoms with Gasteiger partial charge in [-0.05, 0) is 31.0 Å². The van der Waals surface area contributed by atoms with Gasteiger partial charge in [-0.2, -0.15) is 0 Å². The van der Waals surface area contributed by atoms with Gasteiger partial charge in [-0.3, -0.25) is 0 Å². The van der Waals surface area contributed by atoms with Gasteiger partial charge in [-0.25, -0.2) is 18.1 Å². The van der Waals surface area contributed by atoms with E-state index in [9.17, 15) is 8.42 Å². The van der Waals surface area contributed by atoms with E-state index in [4.69, 9.17) is 0 Å². The molecule has 2 aliphatic rings. The Hall–Kier alpha value is -1.08. The fourth-order valence-electron chi connectivity index (χ4n) is 2.43. The minimum Gasteiger partial charge on any atom is -0.324 e. The largest absolute Gasteiger partial charge is 0.324 e. The third-order valence-corrected chi connectivity index (χ3v) is 5.23. The minimum atomic E-state index is -3.53. The summed E-state index contributed by atoms with van der Waals surface area (Å²) in [7, 11) is -3.53. The first-order valence-corrected chi connectivity index (χ1v) is 8.49. The van der Waals surface area contributed by atoms with Crippen LogP contribution in [0.2, 0.25) is 0 Å². The summed E-state index contributed by atoms with van der Waals surface area (Å²) in [5.41, 5.74) is 0.568. The quantitative estimate of drug-likeness (QED) is 0.822. The van der Waals surface area contributed by atoms with Crippen LogP contribution in [0.1, 0.15) is 25.7 Å². The Morgan fingerprint density at radius 2 is 2.00 bits per heavy atom. The molecule has 1 aliphatic heterocycles. The fourth-order valence-corrected chi connectivity index (χ4v) is 4.10. The molecule has 0 amide bonds. The lowest BCUT2D eigenvalue weighted by Gasteiger charge is -2.22. The predicted molar refractivity (Wildman–Crippen MR) is 77.8 cm³/mol. The van der Waals surface area contributed by atoms with E-state index in [2.05, 4.69) is 31.0 Å². The van der Waals surface area contributed by atoms with Crippen LogP contribution in [-0.2, 0) is 10.0 Å². The van der Waals surface area contributed by atoms with Crippen molar-refractivity contribution < 1.29 is 8.42 Å². The summed E-state index contributed by atoms with van der Waals surface area (Å²) < 4.78 is 27.5. The molecule has 7 heteroatoms. The van der Waals surface area contributed by atoms with Gasteiger partial charge in [-0.15, -0.1) is 0 Å². The van der Waals surface area contributed by atoms with Crippen LogP contribution in [0.25, 0.3) is 0 Å². The Kier molecular flexibility index (Phi) is 3.26. The maximum atomic E-state index is 12.2. The van der Waals surface area contributed by atoms with Crippen molar-refractivity contribution in [1.82, 2.24) is 4.72 Å². The lowest BCUT2D eigenvalue weighted by Crippen LogP contribution is -2.41. The number of hydrogen-bond acceptors (Lipinski definition) is 3. The summed E-state index contributed by atoms with van der Waals surface area (Å²) in [6.07, 6.45) is 4.38. The molecule has 0 radical (unpaired) electrons. The highest BCUT2D eigenvalue weighted by molar-refractivity contribution is 9.10. The second-order valence-electron chi connectivity index (χ2n) is 4.79. The van der Waals surface area contributed by atoms with Gasteiger partial charge in [-0.1, -0.05) is 28.8 Å². The summed E-state index contributed by atoms with van der Waals surface area (Å²) in [6, 6.07) is 5.35. The number of halogens is 1. The molecule has 5 nitrogen and oxygen atoms in total. The van der Waals surface area contributed by atoms with Gasteiger partial charge in [0.15, 0.2) is 0 Å². The first kappa shape index (κ1) is 12.9. The molecule has 1 aromatic rings. The van der Waals surface area contributed by atoms with E-state index in [1.165, 1.54) is 0 Å². The molecule has 3 rings (SSSR count). The smallest absolute Gasteiger partial charge is 0.266 e. The second kappa shape index (κ2) is 4.79. The fraction of sp³-hybridized carbons (Fsp3) is 0.417. The number of benzene rings is 1. The van der Waals surface area contributed by atoms with E-state index in [1.807, 2.05) is 0 Å². The van der Waals surface area contributed by atoms with Gasteiger partial charge < -0.3 is 5.32 Å². The zero-order chi connectivity index (χ0) is 13.5. The van der Waals surface area contributed by atoms with E-state index in [-0.39, 0.29) is 10.9 Å². The molecule has 0 atom stereocenters.